The highest BCUT2D eigenvalue weighted by Gasteiger charge is 1.95. The normalized spacial score (nSPS) is 8.50. The fourth-order valence-corrected chi connectivity index (χ4v) is 0.607. The molecule has 5 nitrogen and oxygen atoms in total. The van der Waals surface area contributed by atoms with Gasteiger partial charge in [-0.05, 0) is 0 Å². The van der Waals surface area contributed by atoms with Gasteiger partial charge in [0.2, 0.25) is 11.8 Å². The van der Waals surface area contributed by atoms with E-state index in [0.717, 1.165) is 0 Å². The third-order valence-corrected chi connectivity index (χ3v) is 0.892. The predicted octanol–water partition coefficient (Wildman–Crippen LogP) is -0.407. The summed E-state index contributed by atoms with van der Waals surface area (Å²) in [5.74, 6) is -0.243. The second-order valence-electron chi connectivity index (χ2n) is 1.41. The largest absolute Gasteiger partial charge is 0.493 e. The van der Waals surface area contributed by atoms with Crippen molar-refractivity contribution >= 4 is 17.5 Å². The second kappa shape index (κ2) is 3.19. The maximum atomic E-state index is 8.68. The molecule has 0 radical (unpaired) electrons. The molecular formula is C4H6ClN3O2. The Balaban J connectivity index is 0.000000810. The van der Waals surface area contributed by atoms with Gasteiger partial charge in [0.1, 0.15) is 5.15 Å². The highest BCUT2D eigenvalue weighted by atomic mass is 35.5. The Morgan fingerprint density at radius 3 is 2.50 bits per heavy atom. The monoisotopic (exact) mass is 163 g/mol. The molecule has 0 saturated carbocycles. The van der Waals surface area contributed by atoms with Crippen molar-refractivity contribution in [2.75, 3.05) is 5.73 Å². The number of nitrogen functional groups attached to an aromatic ring is 1. The van der Waals surface area contributed by atoms with E-state index in [0.29, 0.717) is 0 Å². The molecule has 10 heavy (non-hydrogen) atoms. The van der Waals surface area contributed by atoms with Crippen molar-refractivity contribution in [2.45, 2.75) is 0 Å². The maximum absolute atomic E-state index is 8.68. The van der Waals surface area contributed by atoms with Gasteiger partial charge in [0, 0.05) is 6.07 Å². The van der Waals surface area contributed by atoms with Crippen LogP contribution in [0.3, 0.4) is 0 Å². The lowest BCUT2D eigenvalue weighted by Crippen LogP contribution is -1.93. The van der Waals surface area contributed by atoms with Crippen molar-refractivity contribution in [3.63, 3.8) is 0 Å². The molecule has 1 heterocycles. The molecule has 0 fully saturated rings. The molecule has 0 saturated heterocycles. The summed E-state index contributed by atoms with van der Waals surface area (Å²) in [6.45, 7) is 0. The Kier molecular flexibility index (Phi) is 2.85. The van der Waals surface area contributed by atoms with Gasteiger partial charge in [0.25, 0.3) is 0 Å². The van der Waals surface area contributed by atoms with Gasteiger partial charge in [-0.25, -0.2) is 4.98 Å². The molecule has 1 aromatic heterocycles. The molecule has 0 unspecified atom stereocenters. The fourth-order valence-electron chi connectivity index (χ4n) is 0.423. The number of anilines is 1. The molecule has 5 N–H and O–H groups in total. The quantitative estimate of drug-likeness (QED) is 0.508. The van der Waals surface area contributed by atoms with Gasteiger partial charge in [-0.15, -0.1) is 0 Å². The van der Waals surface area contributed by atoms with Crippen LogP contribution in [0.1, 0.15) is 0 Å². The van der Waals surface area contributed by atoms with Crippen LogP contribution >= 0.6 is 11.6 Å². The number of hydrogen-bond acceptors (Lipinski definition) is 4. The molecule has 6 heteroatoms. The number of halogens is 1. The Morgan fingerprint density at radius 1 is 1.50 bits per heavy atom. The predicted molar refractivity (Wildman–Crippen MR) is 36.7 cm³/mol. The maximum Gasteiger partial charge on any atom is 0.224 e. The van der Waals surface area contributed by atoms with Gasteiger partial charge in [0.15, 0.2) is 0 Å². The van der Waals surface area contributed by atoms with Gasteiger partial charge in [-0.3, -0.25) is 0 Å². The zero-order valence-electron chi connectivity index (χ0n) is 4.87. The first-order valence-corrected chi connectivity index (χ1v) is 2.55. The van der Waals surface area contributed by atoms with Gasteiger partial charge < -0.3 is 16.3 Å². The summed E-state index contributed by atoms with van der Waals surface area (Å²) in [5.41, 5.74) is 5.09. The number of aromatic hydroxyl groups is 1. The minimum absolute atomic E-state index is 0. The van der Waals surface area contributed by atoms with E-state index in [1.54, 1.807) is 0 Å². The molecule has 1 aromatic rings. The Morgan fingerprint density at radius 2 is 2.10 bits per heavy atom. The zero-order valence-corrected chi connectivity index (χ0v) is 5.63. The molecule has 0 aliphatic heterocycles. The average Bonchev–Trinajstić information content (AvgIpc) is 1.59. The topological polar surface area (TPSA) is 104 Å². The van der Waals surface area contributed by atoms with Crippen molar-refractivity contribution in [3.05, 3.63) is 11.2 Å². The van der Waals surface area contributed by atoms with Gasteiger partial charge in [-0.1, -0.05) is 11.6 Å². The second-order valence-corrected chi connectivity index (χ2v) is 1.79. The first kappa shape index (κ1) is 8.93. The van der Waals surface area contributed by atoms with E-state index in [4.69, 9.17) is 22.4 Å². The molecular weight excluding hydrogens is 158 g/mol. The Labute approximate surface area is 61.8 Å². The SMILES string of the molecule is Nc1nc(O)cc(Cl)n1.O. The summed E-state index contributed by atoms with van der Waals surface area (Å²) < 4.78 is 0. The summed E-state index contributed by atoms with van der Waals surface area (Å²) in [4.78, 5) is 6.88. The van der Waals surface area contributed by atoms with Crippen LogP contribution in [0.5, 0.6) is 5.88 Å². The molecule has 0 aliphatic carbocycles. The molecule has 1 rings (SSSR count). The molecule has 56 valence electrons. The zero-order chi connectivity index (χ0) is 6.85. The van der Waals surface area contributed by atoms with Crippen LogP contribution in [0, 0.1) is 0 Å². The van der Waals surface area contributed by atoms with Crippen LogP contribution in [0.2, 0.25) is 5.15 Å². The molecule has 0 aliphatic rings. The lowest BCUT2D eigenvalue weighted by Gasteiger charge is -1.92. The van der Waals surface area contributed by atoms with Crippen molar-refractivity contribution < 1.29 is 10.6 Å². The van der Waals surface area contributed by atoms with E-state index in [1.165, 1.54) is 6.07 Å². The molecule has 0 amide bonds. The van der Waals surface area contributed by atoms with E-state index in [1.807, 2.05) is 0 Å². The summed E-state index contributed by atoms with van der Waals surface area (Å²) in [7, 11) is 0. The first-order valence-electron chi connectivity index (χ1n) is 2.17. The smallest absolute Gasteiger partial charge is 0.224 e. The molecule has 0 bridgehead atoms. The van der Waals surface area contributed by atoms with Crippen LogP contribution in [-0.4, -0.2) is 20.6 Å². The van der Waals surface area contributed by atoms with Crippen LogP contribution < -0.4 is 5.73 Å². The Hall–Kier alpha value is -1.07. The summed E-state index contributed by atoms with van der Waals surface area (Å²) >= 11 is 5.36. The van der Waals surface area contributed by atoms with Crippen molar-refractivity contribution in [1.29, 1.82) is 0 Å². The molecule has 0 spiro atoms. The number of rotatable bonds is 0. The van der Waals surface area contributed by atoms with E-state index >= 15 is 0 Å². The van der Waals surface area contributed by atoms with E-state index in [9.17, 15) is 0 Å². The fraction of sp³-hybridized carbons (Fsp3) is 0. The number of aromatic nitrogens is 2. The van der Waals surface area contributed by atoms with E-state index in [-0.39, 0.29) is 22.5 Å². The third kappa shape index (κ3) is 2.04. The summed E-state index contributed by atoms with van der Waals surface area (Å²) in [6.07, 6.45) is 0. The number of nitrogens with two attached hydrogens (primary N) is 1. The first-order chi connectivity index (χ1) is 4.18. The lowest BCUT2D eigenvalue weighted by molar-refractivity contribution is 0.453. The van der Waals surface area contributed by atoms with Crippen molar-refractivity contribution in [1.82, 2.24) is 9.97 Å². The minimum atomic E-state index is -0.215. The lowest BCUT2D eigenvalue weighted by atomic mass is 10.6. The Bertz CT molecular complexity index is 179. The van der Waals surface area contributed by atoms with E-state index < -0.39 is 0 Å². The highest BCUT2D eigenvalue weighted by molar-refractivity contribution is 6.29. The van der Waals surface area contributed by atoms with Crippen molar-refractivity contribution in [3.8, 4) is 5.88 Å². The molecule has 0 atom stereocenters. The highest BCUT2D eigenvalue weighted by Crippen LogP contribution is 2.11. The number of hydrogen-bond donors (Lipinski definition) is 2. The van der Waals surface area contributed by atoms with Gasteiger partial charge in [0.05, 0.1) is 0 Å². The standard InChI is InChI=1S/C4H4ClN3O.H2O/c5-2-1-3(9)8-4(6)7-2;/h1H,(H3,6,7,8,9);1H2. The van der Waals surface area contributed by atoms with Crippen LogP contribution in [-0.2, 0) is 0 Å². The molecule has 0 aromatic carbocycles. The minimum Gasteiger partial charge on any atom is -0.493 e. The summed E-state index contributed by atoms with van der Waals surface area (Å²) in [6, 6.07) is 1.21. The summed E-state index contributed by atoms with van der Waals surface area (Å²) in [5, 5.41) is 8.82. The number of nitrogens with zero attached hydrogens (tertiary/aromatic N) is 2. The van der Waals surface area contributed by atoms with Crippen LogP contribution in [0.15, 0.2) is 6.07 Å². The van der Waals surface area contributed by atoms with Crippen LogP contribution in [0.25, 0.3) is 0 Å². The van der Waals surface area contributed by atoms with Crippen molar-refractivity contribution in [2.24, 2.45) is 0 Å². The van der Waals surface area contributed by atoms with E-state index in [2.05, 4.69) is 9.97 Å². The average molecular weight is 164 g/mol. The van der Waals surface area contributed by atoms with Crippen LogP contribution in [0.4, 0.5) is 5.95 Å². The third-order valence-electron chi connectivity index (χ3n) is 0.699. The van der Waals surface area contributed by atoms with Gasteiger partial charge in [-0.2, -0.15) is 4.98 Å². The van der Waals surface area contributed by atoms with Gasteiger partial charge >= 0.3 is 0 Å².